The number of anilines is 1. The van der Waals surface area contributed by atoms with Crippen molar-refractivity contribution in [3.05, 3.63) is 45.9 Å². The first-order chi connectivity index (χ1) is 12.1. The molecule has 142 valence electrons. The molecule has 2 aromatic rings. The number of nitrogens with one attached hydrogen (secondary N) is 3. The molecule has 3 N–H and O–H groups in total. The van der Waals surface area contributed by atoms with Crippen LogP contribution in [-0.2, 0) is 17.9 Å². The summed E-state index contributed by atoms with van der Waals surface area (Å²) >= 11 is 1.67. The highest BCUT2D eigenvalue weighted by Gasteiger charge is 2.03. The van der Waals surface area contributed by atoms with Crippen LogP contribution in [0.1, 0.15) is 35.2 Å². The van der Waals surface area contributed by atoms with E-state index in [9.17, 15) is 4.79 Å². The van der Waals surface area contributed by atoms with Gasteiger partial charge in [0.15, 0.2) is 5.96 Å². The molecule has 0 aliphatic carbocycles. The van der Waals surface area contributed by atoms with Gasteiger partial charge in [-0.05, 0) is 31.0 Å². The SMILES string of the molecule is CCCC(=O)Nc1ccc(CNC(=NC)NCc2ncc(C)s2)cc1.I. The van der Waals surface area contributed by atoms with Crippen LogP contribution in [0.2, 0.25) is 0 Å². The number of hydrogen-bond acceptors (Lipinski definition) is 4. The minimum atomic E-state index is 0. The van der Waals surface area contributed by atoms with Crippen LogP contribution in [0.3, 0.4) is 0 Å². The van der Waals surface area contributed by atoms with E-state index >= 15 is 0 Å². The van der Waals surface area contributed by atoms with Gasteiger partial charge in [-0.1, -0.05) is 19.1 Å². The van der Waals surface area contributed by atoms with E-state index in [1.807, 2.05) is 44.3 Å². The first-order valence-corrected chi connectivity index (χ1v) is 9.17. The highest BCUT2D eigenvalue weighted by Crippen LogP contribution is 2.11. The lowest BCUT2D eigenvalue weighted by Gasteiger charge is -2.11. The number of carbonyl (C=O) groups is 1. The van der Waals surface area contributed by atoms with Gasteiger partial charge in [0, 0.05) is 36.8 Å². The van der Waals surface area contributed by atoms with Gasteiger partial charge in [0.1, 0.15) is 5.01 Å². The molecule has 0 aliphatic rings. The molecule has 0 atom stereocenters. The van der Waals surface area contributed by atoms with E-state index < -0.39 is 0 Å². The van der Waals surface area contributed by atoms with Gasteiger partial charge in [-0.15, -0.1) is 35.3 Å². The van der Waals surface area contributed by atoms with E-state index in [4.69, 9.17) is 0 Å². The molecule has 0 saturated heterocycles. The molecule has 8 heteroatoms. The maximum absolute atomic E-state index is 11.6. The topological polar surface area (TPSA) is 78.4 Å². The van der Waals surface area contributed by atoms with Crippen LogP contribution < -0.4 is 16.0 Å². The third-order valence-electron chi connectivity index (χ3n) is 3.47. The Morgan fingerprint density at radius 1 is 1.19 bits per heavy atom. The Kier molecular flexibility index (Phi) is 10.2. The van der Waals surface area contributed by atoms with E-state index in [0.29, 0.717) is 19.5 Å². The average Bonchev–Trinajstić information content (AvgIpc) is 3.02. The molecular weight excluding hydrogens is 461 g/mol. The number of aromatic nitrogens is 1. The summed E-state index contributed by atoms with van der Waals surface area (Å²) in [5.74, 6) is 0.781. The third-order valence-corrected chi connectivity index (χ3v) is 4.39. The Morgan fingerprint density at radius 2 is 1.88 bits per heavy atom. The van der Waals surface area contributed by atoms with Gasteiger partial charge < -0.3 is 16.0 Å². The summed E-state index contributed by atoms with van der Waals surface area (Å²) in [6.45, 7) is 5.34. The largest absolute Gasteiger partial charge is 0.352 e. The second-order valence-electron chi connectivity index (χ2n) is 5.64. The van der Waals surface area contributed by atoms with Crippen LogP contribution >= 0.6 is 35.3 Å². The molecule has 6 nitrogen and oxygen atoms in total. The predicted molar refractivity (Wildman–Crippen MR) is 119 cm³/mol. The zero-order chi connectivity index (χ0) is 18.1. The van der Waals surface area contributed by atoms with Crippen LogP contribution in [0.4, 0.5) is 5.69 Å². The number of amides is 1. The fourth-order valence-electron chi connectivity index (χ4n) is 2.21. The molecule has 1 amide bonds. The smallest absolute Gasteiger partial charge is 0.224 e. The molecule has 1 heterocycles. The number of carbonyl (C=O) groups excluding carboxylic acids is 1. The fourth-order valence-corrected chi connectivity index (χ4v) is 2.93. The Morgan fingerprint density at radius 3 is 2.46 bits per heavy atom. The zero-order valence-electron chi connectivity index (χ0n) is 15.3. The minimum absolute atomic E-state index is 0. The number of benzene rings is 1. The number of aliphatic imine (C=N–C) groups is 1. The lowest BCUT2D eigenvalue weighted by molar-refractivity contribution is -0.116. The Hall–Kier alpha value is -1.68. The Balaban J connectivity index is 0.00000338. The van der Waals surface area contributed by atoms with E-state index in [2.05, 4.69) is 25.9 Å². The Bertz CT molecular complexity index is 715. The van der Waals surface area contributed by atoms with Gasteiger partial charge in [0.05, 0.1) is 6.54 Å². The summed E-state index contributed by atoms with van der Waals surface area (Å²) in [6, 6.07) is 7.82. The molecule has 0 aliphatic heterocycles. The summed E-state index contributed by atoms with van der Waals surface area (Å²) in [4.78, 5) is 21.3. The molecule has 26 heavy (non-hydrogen) atoms. The van der Waals surface area contributed by atoms with Crippen LogP contribution in [0, 0.1) is 6.92 Å². The lowest BCUT2D eigenvalue weighted by Crippen LogP contribution is -2.36. The summed E-state index contributed by atoms with van der Waals surface area (Å²) in [6.07, 6.45) is 3.27. The standard InChI is InChI=1S/C18H25N5OS.HI/c1-4-5-16(24)23-15-8-6-14(7-9-15)11-21-18(19-3)22-12-17-20-10-13(2)25-17;/h6-10H,4-5,11-12H2,1-3H3,(H,23,24)(H2,19,21,22);1H. The van der Waals surface area contributed by atoms with E-state index in [1.54, 1.807) is 18.4 Å². The summed E-state index contributed by atoms with van der Waals surface area (Å²) < 4.78 is 0. The van der Waals surface area contributed by atoms with Crippen molar-refractivity contribution in [3.63, 3.8) is 0 Å². The molecule has 1 aromatic heterocycles. The first-order valence-electron chi connectivity index (χ1n) is 8.35. The van der Waals surface area contributed by atoms with Gasteiger partial charge in [0.25, 0.3) is 0 Å². The molecule has 0 unspecified atom stereocenters. The number of nitrogens with zero attached hydrogens (tertiary/aromatic N) is 2. The van der Waals surface area contributed by atoms with Crippen molar-refractivity contribution in [2.24, 2.45) is 4.99 Å². The second kappa shape index (κ2) is 11.8. The van der Waals surface area contributed by atoms with Crippen molar-refractivity contribution < 1.29 is 4.79 Å². The summed E-state index contributed by atoms with van der Waals surface area (Å²) in [5.41, 5.74) is 1.94. The van der Waals surface area contributed by atoms with Crippen LogP contribution in [0.15, 0.2) is 35.5 Å². The fraction of sp³-hybridized carbons (Fsp3) is 0.389. The minimum Gasteiger partial charge on any atom is -0.352 e. The maximum Gasteiger partial charge on any atom is 0.224 e. The molecule has 2 rings (SSSR count). The molecule has 0 spiro atoms. The third kappa shape index (κ3) is 7.69. The monoisotopic (exact) mass is 487 g/mol. The molecule has 1 aromatic carbocycles. The summed E-state index contributed by atoms with van der Waals surface area (Å²) in [5, 5.41) is 10.4. The van der Waals surface area contributed by atoms with Crippen molar-refractivity contribution in [3.8, 4) is 0 Å². The number of aryl methyl sites for hydroxylation is 1. The van der Waals surface area contributed by atoms with Gasteiger partial charge in [-0.3, -0.25) is 9.79 Å². The number of rotatable bonds is 7. The molecule has 0 fully saturated rings. The normalized spacial score (nSPS) is 10.8. The van der Waals surface area contributed by atoms with E-state index in [-0.39, 0.29) is 29.9 Å². The zero-order valence-corrected chi connectivity index (χ0v) is 18.5. The van der Waals surface area contributed by atoms with Gasteiger partial charge in [-0.25, -0.2) is 4.98 Å². The van der Waals surface area contributed by atoms with E-state index in [0.717, 1.165) is 28.6 Å². The quantitative estimate of drug-likeness (QED) is 0.317. The highest BCUT2D eigenvalue weighted by atomic mass is 127. The van der Waals surface area contributed by atoms with Crippen molar-refractivity contribution in [2.45, 2.75) is 39.8 Å². The Labute approximate surface area is 175 Å². The summed E-state index contributed by atoms with van der Waals surface area (Å²) in [7, 11) is 1.74. The first kappa shape index (κ1) is 22.4. The predicted octanol–water partition coefficient (Wildman–Crippen LogP) is 3.67. The highest BCUT2D eigenvalue weighted by molar-refractivity contribution is 14.0. The van der Waals surface area contributed by atoms with Crippen LogP contribution in [-0.4, -0.2) is 23.9 Å². The van der Waals surface area contributed by atoms with Crippen molar-refractivity contribution >= 4 is 52.9 Å². The molecule has 0 saturated carbocycles. The number of hydrogen-bond donors (Lipinski definition) is 3. The average molecular weight is 487 g/mol. The van der Waals surface area contributed by atoms with Gasteiger partial charge >= 0.3 is 0 Å². The molecular formula is C18H26IN5OS. The van der Waals surface area contributed by atoms with E-state index in [1.165, 1.54) is 4.88 Å². The van der Waals surface area contributed by atoms with Crippen LogP contribution in [0.5, 0.6) is 0 Å². The number of thiazole rings is 1. The van der Waals surface area contributed by atoms with Crippen LogP contribution in [0.25, 0.3) is 0 Å². The second-order valence-corrected chi connectivity index (χ2v) is 6.96. The number of halogens is 1. The molecule has 0 bridgehead atoms. The lowest BCUT2D eigenvalue weighted by atomic mass is 10.2. The van der Waals surface area contributed by atoms with Crippen molar-refractivity contribution in [1.29, 1.82) is 0 Å². The van der Waals surface area contributed by atoms with Gasteiger partial charge in [0.2, 0.25) is 5.91 Å². The van der Waals surface area contributed by atoms with Gasteiger partial charge in [-0.2, -0.15) is 0 Å². The number of guanidine groups is 1. The van der Waals surface area contributed by atoms with Crippen molar-refractivity contribution in [1.82, 2.24) is 15.6 Å². The molecule has 0 radical (unpaired) electrons. The van der Waals surface area contributed by atoms with Crippen molar-refractivity contribution in [2.75, 3.05) is 12.4 Å². The maximum atomic E-state index is 11.6.